The molecule has 0 spiro atoms. The van der Waals surface area contributed by atoms with Gasteiger partial charge in [0.25, 0.3) is 5.56 Å². The molecule has 5 nitrogen and oxygen atoms in total. The van der Waals surface area contributed by atoms with E-state index in [0.717, 1.165) is 35.9 Å². The summed E-state index contributed by atoms with van der Waals surface area (Å²) in [6.45, 7) is 2.22. The summed E-state index contributed by atoms with van der Waals surface area (Å²) < 4.78 is 1.62. The maximum atomic E-state index is 12.9. The lowest BCUT2D eigenvalue weighted by atomic mass is 9.86. The molecular formula is C20H27N3O2S2. The first kappa shape index (κ1) is 19.0. The highest BCUT2D eigenvalue weighted by Gasteiger charge is 2.24. The number of fused-ring (bicyclic) bond motifs is 3. The van der Waals surface area contributed by atoms with Crippen molar-refractivity contribution in [1.82, 2.24) is 14.9 Å². The topological polar surface area (TPSA) is 64.0 Å². The zero-order valence-electron chi connectivity index (χ0n) is 16.0. The fourth-order valence-electron chi connectivity index (χ4n) is 4.31. The Balaban J connectivity index is 1.50. The Hall–Kier alpha value is -1.34. The minimum atomic E-state index is 0.0308. The smallest absolute Gasteiger partial charge is 0.262 e. The van der Waals surface area contributed by atoms with Crippen LogP contribution < -0.4 is 10.9 Å². The van der Waals surface area contributed by atoms with E-state index >= 15 is 0 Å². The summed E-state index contributed by atoms with van der Waals surface area (Å²) in [4.78, 5) is 32.2. The lowest BCUT2D eigenvalue weighted by Crippen LogP contribution is -2.41. The van der Waals surface area contributed by atoms with Gasteiger partial charge in [-0.25, -0.2) is 4.98 Å². The van der Waals surface area contributed by atoms with Crippen LogP contribution in [0.2, 0.25) is 0 Å². The maximum Gasteiger partial charge on any atom is 0.262 e. The second kappa shape index (κ2) is 7.95. The summed E-state index contributed by atoms with van der Waals surface area (Å²) in [6, 6.07) is 0.287. The number of thioether (sulfide) groups is 1. The van der Waals surface area contributed by atoms with Crippen molar-refractivity contribution in [1.29, 1.82) is 0 Å². The molecule has 1 saturated carbocycles. The minimum Gasteiger partial charge on any atom is -0.352 e. The summed E-state index contributed by atoms with van der Waals surface area (Å²) in [5.74, 6) is 0.891. The summed E-state index contributed by atoms with van der Waals surface area (Å²) in [5, 5.41) is 4.62. The fraction of sp³-hybridized carbons (Fsp3) is 0.650. The number of carbonyl (C=O) groups excluding carboxylic acids is 1. The Labute approximate surface area is 167 Å². The number of hydrogen-bond acceptors (Lipinski definition) is 5. The van der Waals surface area contributed by atoms with Crippen LogP contribution in [0, 0.1) is 5.92 Å². The first-order valence-corrected chi connectivity index (χ1v) is 11.8. The van der Waals surface area contributed by atoms with Gasteiger partial charge in [0.2, 0.25) is 5.91 Å². The Kier molecular flexibility index (Phi) is 5.60. The van der Waals surface area contributed by atoms with Crippen LogP contribution in [0.4, 0.5) is 0 Å². The molecule has 0 bridgehead atoms. The van der Waals surface area contributed by atoms with Crippen molar-refractivity contribution < 1.29 is 4.79 Å². The van der Waals surface area contributed by atoms with Gasteiger partial charge in [0.15, 0.2) is 5.16 Å². The number of aromatic nitrogens is 2. The first-order chi connectivity index (χ1) is 13.0. The van der Waals surface area contributed by atoms with Crippen LogP contribution in [0.15, 0.2) is 9.95 Å². The van der Waals surface area contributed by atoms with E-state index in [1.807, 2.05) is 0 Å². The molecule has 2 aromatic rings. The molecule has 1 N–H and O–H groups in total. The van der Waals surface area contributed by atoms with E-state index in [0.29, 0.717) is 16.8 Å². The van der Waals surface area contributed by atoms with Crippen LogP contribution in [0.3, 0.4) is 0 Å². The van der Waals surface area contributed by atoms with Gasteiger partial charge in [-0.3, -0.25) is 14.2 Å². The lowest BCUT2D eigenvalue weighted by molar-refractivity contribution is -0.119. The number of nitrogens with one attached hydrogen (secondary N) is 1. The summed E-state index contributed by atoms with van der Waals surface area (Å²) in [7, 11) is 1.77. The van der Waals surface area contributed by atoms with Gasteiger partial charge in [-0.15, -0.1) is 11.3 Å². The molecule has 7 heteroatoms. The Morgan fingerprint density at radius 1 is 1.26 bits per heavy atom. The number of amides is 1. The Morgan fingerprint density at radius 2 is 2.04 bits per heavy atom. The van der Waals surface area contributed by atoms with Crippen LogP contribution in [-0.4, -0.2) is 27.3 Å². The van der Waals surface area contributed by atoms with E-state index in [2.05, 4.69) is 12.2 Å². The highest BCUT2D eigenvalue weighted by atomic mass is 32.2. The number of aryl methyl sites for hydroxylation is 2. The fourth-order valence-corrected chi connectivity index (χ4v) is 6.39. The van der Waals surface area contributed by atoms with Crippen LogP contribution in [0.25, 0.3) is 10.2 Å². The van der Waals surface area contributed by atoms with E-state index in [1.54, 1.807) is 23.0 Å². The molecule has 2 heterocycles. The molecule has 27 heavy (non-hydrogen) atoms. The van der Waals surface area contributed by atoms with E-state index < -0.39 is 0 Å². The second-order valence-electron chi connectivity index (χ2n) is 7.87. The molecule has 2 aliphatic carbocycles. The Bertz CT molecular complexity index is 918. The van der Waals surface area contributed by atoms with Gasteiger partial charge >= 0.3 is 0 Å². The van der Waals surface area contributed by atoms with Crippen molar-refractivity contribution in [3.8, 4) is 0 Å². The predicted octanol–water partition coefficient (Wildman–Crippen LogP) is 3.66. The highest BCUT2D eigenvalue weighted by molar-refractivity contribution is 7.99. The molecule has 2 aliphatic rings. The molecule has 1 amide bonds. The van der Waals surface area contributed by atoms with Gasteiger partial charge in [-0.2, -0.15) is 0 Å². The molecule has 2 aromatic heterocycles. The van der Waals surface area contributed by atoms with E-state index in [9.17, 15) is 9.59 Å². The van der Waals surface area contributed by atoms with Crippen molar-refractivity contribution in [3.63, 3.8) is 0 Å². The van der Waals surface area contributed by atoms with Crippen molar-refractivity contribution in [2.24, 2.45) is 13.0 Å². The number of thiophene rings is 1. The zero-order valence-corrected chi connectivity index (χ0v) is 17.7. The van der Waals surface area contributed by atoms with Gasteiger partial charge in [0.1, 0.15) is 4.83 Å². The van der Waals surface area contributed by atoms with Gasteiger partial charge < -0.3 is 5.32 Å². The summed E-state index contributed by atoms with van der Waals surface area (Å²) >= 11 is 3.03. The molecular weight excluding hydrogens is 378 g/mol. The molecule has 1 fully saturated rings. The minimum absolute atomic E-state index is 0.0308. The van der Waals surface area contributed by atoms with Gasteiger partial charge in [0, 0.05) is 18.0 Å². The monoisotopic (exact) mass is 405 g/mol. The average molecular weight is 406 g/mol. The Morgan fingerprint density at radius 3 is 2.85 bits per heavy atom. The van der Waals surface area contributed by atoms with Crippen LogP contribution in [0.5, 0.6) is 0 Å². The van der Waals surface area contributed by atoms with Crippen molar-refractivity contribution in [3.05, 3.63) is 20.8 Å². The molecule has 2 atom stereocenters. The third kappa shape index (κ3) is 3.81. The molecule has 0 aromatic carbocycles. The van der Waals surface area contributed by atoms with Gasteiger partial charge in [0.05, 0.1) is 11.1 Å². The normalized spacial score (nSPS) is 22.6. The predicted molar refractivity (Wildman–Crippen MR) is 112 cm³/mol. The van der Waals surface area contributed by atoms with Crippen molar-refractivity contribution in [2.75, 3.05) is 5.75 Å². The van der Waals surface area contributed by atoms with E-state index in [-0.39, 0.29) is 17.5 Å². The quantitative estimate of drug-likeness (QED) is 0.623. The number of nitrogens with zero attached hydrogens (tertiary/aromatic N) is 2. The number of hydrogen-bond donors (Lipinski definition) is 1. The third-order valence-corrected chi connectivity index (χ3v) is 8.16. The standard InChI is InChI=1S/C20H27N3O2S2/c1-12-7-3-5-9-14(12)21-16(24)11-26-20-22-18-17(19(25)23(20)2)13-8-4-6-10-15(13)27-18/h12,14H,3-11H2,1-2H3,(H,21,24)/t12-,14+/m0/s1. The lowest BCUT2D eigenvalue weighted by Gasteiger charge is -2.29. The third-order valence-electron chi connectivity index (χ3n) is 5.95. The van der Waals surface area contributed by atoms with Crippen LogP contribution in [0.1, 0.15) is 55.9 Å². The highest BCUT2D eigenvalue weighted by Crippen LogP contribution is 2.34. The average Bonchev–Trinajstić information content (AvgIpc) is 3.04. The molecule has 0 unspecified atom stereocenters. The summed E-state index contributed by atoms with van der Waals surface area (Å²) in [5.41, 5.74) is 1.25. The largest absolute Gasteiger partial charge is 0.352 e. The summed E-state index contributed by atoms with van der Waals surface area (Å²) in [6.07, 6.45) is 9.11. The maximum absolute atomic E-state index is 12.9. The first-order valence-electron chi connectivity index (χ1n) is 9.98. The zero-order chi connectivity index (χ0) is 19.0. The molecule has 0 saturated heterocycles. The van der Waals surface area contributed by atoms with Crippen molar-refractivity contribution >= 4 is 39.2 Å². The van der Waals surface area contributed by atoms with Gasteiger partial charge in [-0.1, -0.05) is 31.5 Å². The van der Waals surface area contributed by atoms with E-state index in [4.69, 9.17) is 4.98 Å². The SMILES string of the molecule is C[C@H]1CCCC[C@H]1NC(=O)CSc1nc2sc3c(c2c(=O)n1C)CCCC3. The van der Waals surface area contributed by atoms with Gasteiger partial charge in [-0.05, 0) is 50.0 Å². The van der Waals surface area contributed by atoms with Crippen molar-refractivity contribution in [2.45, 2.75) is 69.5 Å². The van der Waals surface area contributed by atoms with E-state index in [1.165, 1.54) is 47.9 Å². The number of carbonyl (C=O) groups is 1. The second-order valence-corrected chi connectivity index (χ2v) is 9.90. The van der Waals surface area contributed by atoms with Crippen LogP contribution >= 0.6 is 23.1 Å². The molecule has 0 aliphatic heterocycles. The molecule has 0 radical (unpaired) electrons. The van der Waals surface area contributed by atoms with Crippen LogP contribution in [-0.2, 0) is 24.7 Å². The number of rotatable bonds is 4. The molecule has 4 rings (SSSR count). The molecule has 146 valence electrons.